The number of nitrogens with two attached hydrogens (primary N) is 1. The van der Waals surface area contributed by atoms with E-state index in [0.717, 1.165) is 78.4 Å². The molecule has 2 radical (unpaired) electrons. The van der Waals surface area contributed by atoms with Crippen molar-refractivity contribution < 1.29 is 0 Å². The molecule has 61 heavy (non-hydrogen) atoms. The molecule has 6 aromatic rings. The number of hydrogen-bond acceptors (Lipinski definition) is 12. The number of thiol groups is 1. The third-order valence-corrected chi connectivity index (χ3v) is 19.7. The van der Waals surface area contributed by atoms with Gasteiger partial charge in [0, 0.05) is 69.6 Å². The Hall–Kier alpha value is -2.36. The van der Waals surface area contributed by atoms with Gasteiger partial charge in [-0.1, -0.05) is 109 Å². The molecule has 0 spiro atoms. The van der Waals surface area contributed by atoms with Crippen LogP contribution < -0.4 is 10.5 Å². The Kier molecular flexibility index (Phi) is 15.3. The third kappa shape index (κ3) is 9.85. The number of benzene rings is 1. The van der Waals surface area contributed by atoms with E-state index in [0.29, 0.717) is 22.5 Å². The van der Waals surface area contributed by atoms with E-state index >= 15 is 0 Å². The Balaban J connectivity index is 0.986. The Morgan fingerprint density at radius 1 is 0.803 bits per heavy atom. The predicted octanol–water partition coefficient (Wildman–Crippen LogP) is 16.0. The minimum absolute atomic E-state index is 0.234. The van der Waals surface area contributed by atoms with Gasteiger partial charge in [-0.15, -0.1) is 58.4 Å². The molecule has 1 aromatic carbocycles. The average Bonchev–Trinajstić information content (AvgIpc) is 4.13. The Morgan fingerprint density at radius 2 is 1.48 bits per heavy atom. The second kappa shape index (κ2) is 20.6. The molecule has 1 aliphatic carbocycles. The highest BCUT2D eigenvalue weighted by Gasteiger charge is 2.35. The fourth-order valence-corrected chi connectivity index (χ4v) is 16.0. The van der Waals surface area contributed by atoms with Crippen LogP contribution in [0.25, 0.3) is 36.2 Å². The van der Waals surface area contributed by atoms with Gasteiger partial charge >= 0.3 is 0 Å². The number of nitrogens with zero attached hydrogens (tertiary/aromatic N) is 3. The van der Waals surface area contributed by atoms with E-state index < -0.39 is 0 Å². The van der Waals surface area contributed by atoms with E-state index in [4.69, 9.17) is 47.4 Å². The van der Waals surface area contributed by atoms with Crippen LogP contribution in [0, 0.1) is 11.8 Å². The second-order valence-electron chi connectivity index (χ2n) is 16.4. The van der Waals surface area contributed by atoms with E-state index in [9.17, 15) is 0 Å². The van der Waals surface area contributed by atoms with Gasteiger partial charge in [-0.05, 0) is 88.7 Å². The van der Waals surface area contributed by atoms with Crippen LogP contribution in [0.15, 0.2) is 74.2 Å². The normalized spacial score (nSPS) is 17.3. The van der Waals surface area contributed by atoms with E-state index in [1.807, 2.05) is 23.1 Å². The van der Waals surface area contributed by atoms with Gasteiger partial charge in [0.1, 0.15) is 19.2 Å². The first-order valence-electron chi connectivity index (χ1n) is 21.8. The maximum atomic E-state index is 6.95. The molecule has 5 aromatic heterocycles. The Morgan fingerprint density at radius 3 is 2.20 bits per heavy atom. The topological polar surface area (TPSA) is 64.2 Å². The van der Waals surface area contributed by atoms with Gasteiger partial charge in [-0.25, -0.2) is 0 Å². The first-order valence-corrected chi connectivity index (χ1v) is 27.5. The van der Waals surface area contributed by atoms with Crippen molar-refractivity contribution in [3.8, 4) is 30.6 Å². The number of thioether (sulfide) groups is 1. The van der Waals surface area contributed by atoms with Crippen molar-refractivity contribution in [2.45, 2.75) is 120 Å². The van der Waals surface area contributed by atoms with Crippen molar-refractivity contribution in [1.29, 1.82) is 0 Å². The zero-order valence-electron chi connectivity index (χ0n) is 35.4. The zero-order valence-corrected chi connectivity index (χ0v) is 42.0. The summed E-state index contributed by atoms with van der Waals surface area (Å²) >= 11 is 20.7. The maximum Gasteiger partial charge on any atom is 0.128 e. The van der Waals surface area contributed by atoms with Crippen molar-refractivity contribution in [2.24, 2.45) is 16.2 Å². The van der Waals surface area contributed by atoms with Crippen LogP contribution in [-0.2, 0) is 25.3 Å². The standard InChI is InChI=1S/C48H53BN4S8/c1-5-9-11-27(7-3)23-29-25-41(49)59-47(29)39-21-19-35(57-39)31-13-14-32(44(51-55)43(31)50)36-17-18-37(56-36)33-15-16-34(46-45(33)52-61-53-46)38-20-22-40(58-38)48-30(26-42(54)60-48)24-28(8-4)12-10-6-2/h13-15,17-21,25-28,34,40,54H,5-12,16,22-24,50H2,1-4H3. The molecule has 0 amide bonds. The Labute approximate surface area is 399 Å². The summed E-state index contributed by atoms with van der Waals surface area (Å²) in [6, 6.07) is 17.5. The van der Waals surface area contributed by atoms with Gasteiger partial charge in [0.25, 0.3) is 0 Å². The van der Waals surface area contributed by atoms with Gasteiger partial charge in [-0.2, -0.15) is 24.4 Å². The summed E-state index contributed by atoms with van der Waals surface area (Å²) in [7, 11) is 6.40. The lowest BCUT2D eigenvalue weighted by Crippen LogP contribution is -2.08. The van der Waals surface area contributed by atoms with Crippen molar-refractivity contribution >= 4 is 123 Å². The number of fused-ring (bicyclic) bond motifs is 1. The van der Waals surface area contributed by atoms with Crippen molar-refractivity contribution in [3.63, 3.8) is 0 Å². The number of hydrogen-bond donors (Lipinski definition) is 2. The van der Waals surface area contributed by atoms with Crippen LogP contribution in [-0.4, -0.2) is 16.6 Å². The number of thiophene rings is 4. The highest BCUT2D eigenvalue weighted by atomic mass is 32.2. The lowest BCUT2D eigenvalue weighted by Gasteiger charge is -2.22. The fraction of sp³-hybridized carbons (Fsp3) is 0.417. The van der Waals surface area contributed by atoms with E-state index in [1.165, 1.54) is 98.6 Å². The third-order valence-electron chi connectivity index (χ3n) is 12.4. The maximum absolute atomic E-state index is 6.95. The van der Waals surface area contributed by atoms with Gasteiger partial charge in [0.2, 0.25) is 0 Å². The van der Waals surface area contributed by atoms with Gasteiger partial charge in [-0.3, -0.25) is 0 Å². The highest BCUT2D eigenvalue weighted by Crippen LogP contribution is 2.55. The van der Waals surface area contributed by atoms with Gasteiger partial charge in [0.15, 0.2) is 0 Å². The summed E-state index contributed by atoms with van der Waals surface area (Å²) < 4.78 is 16.2. The van der Waals surface area contributed by atoms with Crippen molar-refractivity contribution in [3.05, 3.63) is 97.9 Å². The summed E-state index contributed by atoms with van der Waals surface area (Å²) in [6.07, 6.45) is 19.1. The molecule has 2 N–H and O–H groups in total. The molecule has 2 aliphatic rings. The lowest BCUT2D eigenvalue weighted by molar-refractivity contribution is 0.448. The summed E-state index contributed by atoms with van der Waals surface area (Å²) in [5.41, 5.74) is 16.3. The quantitative estimate of drug-likeness (QED) is 0.0481. The molecule has 4 nitrogen and oxygen atoms in total. The number of aromatic nitrogens is 2. The Bertz CT molecular complexity index is 2530. The highest BCUT2D eigenvalue weighted by molar-refractivity contribution is 8.03. The minimum Gasteiger partial charge on any atom is -0.396 e. The molecular formula is C48H53BN4S8. The zero-order chi connectivity index (χ0) is 42.6. The van der Waals surface area contributed by atoms with Crippen LogP contribution in [0.5, 0.6) is 0 Å². The lowest BCUT2D eigenvalue weighted by atomic mass is 9.89. The van der Waals surface area contributed by atoms with Crippen molar-refractivity contribution in [2.75, 3.05) is 5.73 Å². The van der Waals surface area contributed by atoms with Crippen LogP contribution >= 0.6 is 81.5 Å². The number of anilines is 1. The second-order valence-corrected chi connectivity index (χ2v) is 23.5. The molecule has 0 saturated carbocycles. The summed E-state index contributed by atoms with van der Waals surface area (Å²) in [4.78, 5) is 8.79. The molecule has 316 valence electrons. The average molecular weight is 953 g/mol. The van der Waals surface area contributed by atoms with Gasteiger partial charge in [0.05, 0.1) is 27.3 Å². The summed E-state index contributed by atoms with van der Waals surface area (Å²) in [5, 5.41) is 0.441. The molecule has 6 heterocycles. The van der Waals surface area contributed by atoms with Crippen LogP contribution in [0.4, 0.5) is 11.4 Å². The summed E-state index contributed by atoms with van der Waals surface area (Å²) in [5.74, 6) is 1.64. The number of nitrogen functional groups attached to an aromatic ring is 1. The molecule has 0 bridgehead atoms. The molecule has 4 atom stereocenters. The SMILES string of the molecule is [B]c1cc(CC(CC)CCCC)c(-c2ccc(-c3ccc(-c4ccc(C5=CCC(C6=CCC(c7sc(S)cc7CC(CC)CCCC)S6)c6nsnc65)s4)c(N=S)c3N)s2)s1. The first kappa shape index (κ1) is 45.2. The van der Waals surface area contributed by atoms with Crippen LogP contribution in [0.1, 0.15) is 135 Å². The van der Waals surface area contributed by atoms with Crippen molar-refractivity contribution in [1.82, 2.24) is 8.75 Å². The fourth-order valence-electron chi connectivity index (χ4n) is 8.92. The molecule has 8 rings (SSSR count). The van der Waals surface area contributed by atoms with E-state index in [-0.39, 0.29) is 5.92 Å². The molecular weight excluding hydrogens is 900 g/mol. The predicted molar refractivity (Wildman–Crippen MR) is 279 cm³/mol. The number of rotatable bonds is 19. The molecule has 4 unspecified atom stereocenters. The largest absolute Gasteiger partial charge is 0.396 e. The number of allylic oxidation sites excluding steroid dienone is 3. The van der Waals surface area contributed by atoms with Crippen LogP contribution in [0.2, 0.25) is 0 Å². The van der Waals surface area contributed by atoms with Gasteiger partial charge < -0.3 is 5.73 Å². The first-order chi connectivity index (χ1) is 29.7. The number of unbranched alkanes of at least 4 members (excludes halogenated alkanes) is 2. The van der Waals surface area contributed by atoms with Crippen LogP contribution in [0.3, 0.4) is 0 Å². The molecule has 0 saturated heterocycles. The molecule has 0 fully saturated rings. The minimum atomic E-state index is 0.234. The summed E-state index contributed by atoms with van der Waals surface area (Å²) in [6.45, 7) is 9.21. The molecule has 13 heteroatoms. The molecule has 1 aliphatic heterocycles. The van der Waals surface area contributed by atoms with E-state index in [1.54, 1.807) is 34.0 Å². The van der Waals surface area contributed by atoms with E-state index in [2.05, 4.69) is 92.7 Å². The monoisotopic (exact) mass is 952 g/mol. The smallest absolute Gasteiger partial charge is 0.128 e.